The van der Waals surface area contributed by atoms with Crippen molar-refractivity contribution in [1.29, 1.82) is 0 Å². The highest BCUT2D eigenvalue weighted by molar-refractivity contribution is 7.89. The summed E-state index contributed by atoms with van der Waals surface area (Å²) >= 11 is 12.4. The minimum absolute atomic E-state index is 0.0538. The van der Waals surface area contributed by atoms with Crippen LogP contribution in [0, 0.1) is 6.92 Å². The van der Waals surface area contributed by atoms with Gasteiger partial charge in [-0.1, -0.05) is 65.2 Å². The zero-order valence-corrected chi connectivity index (χ0v) is 20.7. The third kappa shape index (κ3) is 4.94. The lowest BCUT2D eigenvalue weighted by molar-refractivity contribution is -0.119. The molecule has 0 spiro atoms. The van der Waals surface area contributed by atoms with E-state index in [1.54, 1.807) is 47.4 Å². The SMILES string of the molecule is Cc1ccc(S(=O)(=O)N(CC(=O)N2c3ccccc3C[C@@H]2C)Cc2ccc(Cl)cc2Cl)cc1. The molecule has 0 fully saturated rings. The summed E-state index contributed by atoms with van der Waals surface area (Å²) in [5.41, 5.74) is 3.42. The highest BCUT2D eigenvalue weighted by Gasteiger charge is 2.34. The predicted octanol–water partition coefficient (Wildman–Crippen LogP) is 5.47. The van der Waals surface area contributed by atoms with Crippen LogP contribution < -0.4 is 4.90 Å². The molecule has 0 aromatic heterocycles. The van der Waals surface area contributed by atoms with Gasteiger partial charge in [0.1, 0.15) is 0 Å². The summed E-state index contributed by atoms with van der Waals surface area (Å²) in [6.45, 7) is 3.49. The zero-order chi connectivity index (χ0) is 23.8. The van der Waals surface area contributed by atoms with Gasteiger partial charge in [0, 0.05) is 28.3 Å². The van der Waals surface area contributed by atoms with E-state index in [-0.39, 0.29) is 29.9 Å². The number of benzene rings is 3. The lowest BCUT2D eigenvalue weighted by Crippen LogP contribution is -2.44. The first-order valence-electron chi connectivity index (χ1n) is 10.6. The number of sulfonamides is 1. The van der Waals surface area contributed by atoms with Crippen molar-refractivity contribution in [3.05, 3.63) is 93.5 Å². The molecular formula is C25H24Cl2N2O3S. The average Bonchev–Trinajstić information content (AvgIpc) is 3.11. The Morgan fingerprint density at radius 3 is 2.45 bits per heavy atom. The van der Waals surface area contributed by atoms with Gasteiger partial charge in [0.2, 0.25) is 15.9 Å². The molecule has 0 aliphatic carbocycles. The maximum absolute atomic E-state index is 13.6. The number of halogens is 2. The zero-order valence-electron chi connectivity index (χ0n) is 18.3. The lowest BCUT2D eigenvalue weighted by atomic mass is 10.1. The topological polar surface area (TPSA) is 57.7 Å². The Balaban J connectivity index is 1.69. The maximum Gasteiger partial charge on any atom is 0.243 e. The van der Waals surface area contributed by atoms with E-state index in [9.17, 15) is 13.2 Å². The van der Waals surface area contributed by atoms with Crippen LogP contribution >= 0.6 is 23.2 Å². The third-order valence-corrected chi connectivity index (χ3v) is 8.20. The number of aryl methyl sites for hydroxylation is 1. The Hall–Kier alpha value is -2.38. The van der Waals surface area contributed by atoms with Gasteiger partial charge in [0.25, 0.3) is 0 Å². The predicted molar refractivity (Wildman–Crippen MR) is 132 cm³/mol. The largest absolute Gasteiger partial charge is 0.308 e. The van der Waals surface area contributed by atoms with Gasteiger partial charge in [-0.05, 0) is 61.7 Å². The monoisotopic (exact) mass is 502 g/mol. The molecule has 0 bridgehead atoms. The Kier molecular flexibility index (Phi) is 6.82. The van der Waals surface area contributed by atoms with Gasteiger partial charge in [-0.25, -0.2) is 8.42 Å². The van der Waals surface area contributed by atoms with Gasteiger partial charge in [-0.15, -0.1) is 0 Å². The van der Waals surface area contributed by atoms with Crippen molar-refractivity contribution in [3.8, 4) is 0 Å². The number of carbonyl (C=O) groups is 1. The number of hydrogen-bond acceptors (Lipinski definition) is 3. The second kappa shape index (κ2) is 9.47. The lowest BCUT2D eigenvalue weighted by Gasteiger charge is -2.28. The maximum atomic E-state index is 13.6. The molecule has 8 heteroatoms. The first-order valence-corrected chi connectivity index (χ1v) is 12.8. The molecule has 3 aromatic carbocycles. The van der Waals surface area contributed by atoms with E-state index in [4.69, 9.17) is 23.2 Å². The van der Waals surface area contributed by atoms with Crippen molar-refractivity contribution in [2.75, 3.05) is 11.4 Å². The molecule has 3 aromatic rings. The van der Waals surface area contributed by atoms with Crippen molar-refractivity contribution in [1.82, 2.24) is 4.31 Å². The summed E-state index contributed by atoms with van der Waals surface area (Å²) in [5.74, 6) is -0.284. The number of amides is 1. The molecule has 1 amide bonds. The van der Waals surface area contributed by atoms with Crippen molar-refractivity contribution in [2.24, 2.45) is 0 Å². The van der Waals surface area contributed by atoms with E-state index in [1.807, 2.05) is 38.1 Å². The molecule has 0 saturated carbocycles. The summed E-state index contributed by atoms with van der Waals surface area (Å²) in [5, 5.41) is 0.800. The van der Waals surface area contributed by atoms with Crippen LogP contribution in [0.5, 0.6) is 0 Å². The van der Waals surface area contributed by atoms with Crippen LogP contribution in [0.15, 0.2) is 71.6 Å². The van der Waals surface area contributed by atoms with Crippen LogP contribution in [0.4, 0.5) is 5.69 Å². The van der Waals surface area contributed by atoms with Gasteiger partial charge < -0.3 is 4.90 Å². The van der Waals surface area contributed by atoms with Crippen LogP contribution in [0.2, 0.25) is 10.0 Å². The Morgan fingerprint density at radius 2 is 1.76 bits per heavy atom. The van der Waals surface area contributed by atoms with E-state index in [1.165, 1.54) is 4.31 Å². The Labute approximate surface area is 204 Å². The highest BCUT2D eigenvalue weighted by atomic mass is 35.5. The first kappa shape index (κ1) is 23.8. The van der Waals surface area contributed by atoms with E-state index in [2.05, 4.69) is 0 Å². The first-order chi connectivity index (χ1) is 15.7. The third-order valence-electron chi connectivity index (χ3n) is 5.81. The van der Waals surface area contributed by atoms with E-state index < -0.39 is 10.0 Å². The second-order valence-corrected chi connectivity index (χ2v) is 11.0. The van der Waals surface area contributed by atoms with E-state index in [0.717, 1.165) is 23.2 Å². The van der Waals surface area contributed by atoms with Crippen LogP contribution in [-0.4, -0.2) is 31.2 Å². The molecule has 1 aliphatic heterocycles. The number of nitrogens with zero attached hydrogens (tertiary/aromatic N) is 2. The fourth-order valence-corrected chi connectivity index (χ4v) is 5.93. The number of para-hydroxylation sites is 1. The minimum Gasteiger partial charge on any atom is -0.308 e. The van der Waals surface area contributed by atoms with Gasteiger partial charge in [0.05, 0.1) is 11.4 Å². The molecule has 0 saturated heterocycles. The molecule has 172 valence electrons. The summed E-state index contributed by atoms with van der Waals surface area (Å²) in [4.78, 5) is 15.3. The molecule has 5 nitrogen and oxygen atoms in total. The van der Waals surface area contributed by atoms with Crippen molar-refractivity contribution < 1.29 is 13.2 Å². The summed E-state index contributed by atoms with van der Waals surface area (Å²) < 4.78 is 28.4. The van der Waals surface area contributed by atoms with E-state index in [0.29, 0.717) is 15.6 Å². The van der Waals surface area contributed by atoms with Crippen LogP contribution in [-0.2, 0) is 27.8 Å². The summed E-state index contributed by atoms with van der Waals surface area (Å²) in [6.07, 6.45) is 0.732. The fourth-order valence-electron chi connectivity index (χ4n) is 4.10. The molecule has 4 rings (SSSR count). The van der Waals surface area contributed by atoms with Gasteiger partial charge in [-0.2, -0.15) is 4.31 Å². The van der Waals surface area contributed by atoms with Crippen molar-refractivity contribution in [2.45, 2.75) is 37.8 Å². The van der Waals surface area contributed by atoms with Gasteiger partial charge in [0.15, 0.2) is 0 Å². The number of rotatable bonds is 6. The quantitative estimate of drug-likeness (QED) is 0.448. The van der Waals surface area contributed by atoms with Crippen LogP contribution in [0.25, 0.3) is 0 Å². The van der Waals surface area contributed by atoms with Gasteiger partial charge in [-0.3, -0.25) is 4.79 Å². The normalized spacial score (nSPS) is 15.7. The standard InChI is InChI=1S/C25H24Cl2N2O3S/c1-17-7-11-22(12-8-17)33(31,32)28(15-20-9-10-21(26)14-23(20)27)16-25(30)29-18(2)13-19-5-3-4-6-24(19)29/h3-12,14,18H,13,15-16H2,1-2H3/t18-/m0/s1. The molecule has 1 aliphatic rings. The number of carbonyl (C=O) groups excluding carboxylic acids is 1. The smallest absolute Gasteiger partial charge is 0.243 e. The summed E-state index contributed by atoms with van der Waals surface area (Å²) in [7, 11) is -3.97. The van der Waals surface area contributed by atoms with Crippen LogP contribution in [0.1, 0.15) is 23.6 Å². The molecule has 0 radical (unpaired) electrons. The average molecular weight is 503 g/mol. The summed E-state index contributed by atoms with van der Waals surface area (Å²) in [6, 6.07) is 19.1. The fraction of sp³-hybridized carbons (Fsp3) is 0.240. The van der Waals surface area contributed by atoms with Crippen molar-refractivity contribution in [3.63, 3.8) is 0 Å². The molecule has 0 N–H and O–H groups in total. The molecule has 1 atom stereocenters. The second-order valence-electron chi connectivity index (χ2n) is 8.27. The van der Waals surface area contributed by atoms with Gasteiger partial charge >= 0.3 is 0 Å². The highest BCUT2D eigenvalue weighted by Crippen LogP contribution is 2.33. The number of fused-ring (bicyclic) bond motifs is 1. The number of anilines is 1. The van der Waals surface area contributed by atoms with Crippen molar-refractivity contribution >= 4 is 44.8 Å². The molecule has 1 heterocycles. The Morgan fingerprint density at radius 1 is 1.06 bits per heavy atom. The van der Waals surface area contributed by atoms with E-state index >= 15 is 0 Å². The number of hydrogen-bond donors (Lipinski definition) is 0. The minimum atomic E-state index is -3.97. The Bertz CT molecular complexity index is 1290. The molecule has 33 heavy (non-hydrogen) atoms. The van der Waals surface area contributed by atoms with Crippen LogP contribution in [0.3, 0.4) is 0 Å². The molecule has 0 unspecified atom stereocenters. The molecular weight excluding hydrogens is 479 g/mol.